The summed E-state index contributed by atoms with van der Waals surface area (Å²) < 4.78 is 5.98. The van der Waals surface area contributed by atoms with Crippen molar-refractivity contribution >= 4 is 35.8 Å². The lowest BCUT2D eigenvalue weighted by Crippen LogP contribution is -2.42. The van der Waals surface area contributed by atoms with Crippen LogP contribution >= 0.6 is 24.0 Å². The number of aliphatic imine (C=N–C) groups is 1. The summed E-state index contributed by atoms with van der Waals surface area (Å²) >= 11 is 0. The van der Waals surface area contributed by atoms with Crippen molar-refractivity contribution in [1.82, 2.24) is 16.0 Å². The molecule has 0 radical (unpaired) electrons. The number of hydrogen-bond donors (Lipinski definition) is 3. The lowest BCUT2D eigenvalue weighted by atomic mass is 10.1. The zero-order valence-corrected chi connectivity index (χ0v) is 19.9. The van der Waals surface area contributed by atoms with Crippen LogP contribution in [-0.2, 0) is 13.0 Å². The van der Waals surface area contributed by atoms with Crippen LogP contribution in [-0.4, -0.2) is 37.6 Å². The minimum absolute atomic E-state index is 0. The van der Waals surface area contributed by atoms with Gasteiger partial charge in [-0.2, -0.15) is 0 Å². The van der Waals surface area contributed by atoms with Gasteiger partial charge in [0, 0.05) is 25.1 Å². The summed E-state index contributed by atoms with van der Waals surface area (Å²) in [5.41, 5.74) is 2.91. The van der Waals surface area contributed by atoms with Gasteiger partial charge in [-0.05, 0) is 42.7 Å². The van der Waals surface area contributed by atoms with E-state index in [1.165, 1.54) is 5.56 Å². The van der Waals surface area contributed by atoms with Gasteiger partial charge in [-0.25, -0.2) is 4.99 Å². The van der Waals surface area contributed by atoms with Gasteiger partial charge in [0.25, 0.3) is 5.91 Å². The smallest absolute Gasteiger partial charge is 0.251 e. The number of nitrogens with zero attached hydrogens (tertiary/aromatic N) is 1. The van der Waals surface area contributed by atoms with E-state index in [4.69, 9.17) is 4.74 Å². The normalized spacial score (nSPS) is 14.9. The molecular formula is C23H31IN4O2. The Labute approximate surface area is 195 Å². The molecule has 3 N–H and O–H groups in total. The Morgan fingerprint density at radius 2 is 1.93 bits per heavy atom. The minimum atomic E-state index is -0.0411. The van der Waals surface area contributed by atoms with Gasteiger partial charge in [0.1, 0.15) is 11.9 Å². The fourth-order valence-electron chi connectivity index (χ4n) is 3.24. The highest BCUT2D eigenvalue weighted by atomic mass is 127. The highest BCUT2D eigenvalue weighted by molar-refractivity contribution is 14.0. The first-order chi connectivity index (χ1) is 14.2. The second-order valence-electron chi connectivity index (χ2n) is 7.08. The maximum atomic E-state index is 12.2. The van der Waals surface area contributed by atoms with Crippen LogP contribution < -0.4 is 20.7 Å². The predicted octanol–water partition coefficient (Wildman–Crippen LogP) is 3.50. The Morgan fingerprint density at radius 1 is 1.10 bits per heavy atom. The SMILES string of the molecule is CCCNC(=O)c1cccc(CN=C(NCC)NCC2Cc3ccccc3O2)c1.I. The van der Waals surface area contributed by atoms with Crippen molar-refractivity contribution in [2.75, 3.05) is 19.6 Å². The molecule has 162 valence electrons. The molecule has 1 amide bonds. The molecule has 1 atom stereocenters. The van der Waals surface area contributed by atoms with Crippen LogP contribution in [0.3, 0.4) is 0 Å². The van der Waals surface area contributed by atoms with E-state index >= 15 is 0 Å². The molecule has 30 heavy (non-hydrogen) atoms. The average molecular weight is 522 g/mol. The largest absolute Gasteiger partial charge is 0.488 e. The van der Waals surface area contributed by atoms with Gasteiger partial charge in [-0.1, -0.05) is 37.3 Å². The minimum Gasteiger partial charge on any atom is -0.488 e. The third-order valence-corrected chi connectivity index (χ3v) is 4.70. The molecule has 2 aromatic rings. The van der Waals surface area contributed by atoms with E-state index in [1.54, 1.807) is 0 Å². The van der Waals surface area contributed by atoms with Crippen LogP contribution in [0.25, 0.3) is 0 Å². The summed E-state index contributed by atoms with van der Waals surface area (Å²) in [6, 6.07) is 15.8. The molecule has 1 unspecified atom stereocenters. The van der Waals surface area contributed by atoms with Crippen LogP contribution in [0.5, 0.6) is 5.75 Å². The van der Waals surface area contributed by atoms with Gasteiger partial charge < -0.3 is 20.7 Å². The van der Waals surface area contributed by atoms with Crippen LogP contribution in [0, 0.1) is 0 Å². The first-order valence-electron chi connectivity index (χ1n) is 10.3. The van der Waals surface area contributed by atoms with E-state index in [2.05, 4.69) is 27.0 Å². The van der Waals surface area contributed by atoms with E-state index < -0.39 is 0 Å². The highest BCUT2D eigenvalue weighted by Gasteiger charge is 2.22. The number of rotatable bonds is 8. The second kappa shape index (κ2) is 12.4. The number of halogens is 1. The maximum absolute atomic E-state index is 12.2. The predicted molar refractivity (Wildman–Crippen MR) is 132 cm³/mol. The van der Waals surface area contributed by atoms with Crippen LogP contribution in [0.2, 0.25) is 0 Å². The number of fused-ring (bicyclic) bond motifs is 1. The zero-order valence-electron chi connectivity index (χ0n) is 17.6. The Hall–Kier alpha value is -2.29. The highest BCUT2D eigenvalue weighted by Crippen LogP contribution is 2.27. The third-order valence-electron chi connectivity index (χ3n) is 4.70. The molecule has 1 aliphatic heterocycles. The second-order valence-corrected chi connectivity index (χ2v) is 7.08. The Kier molecular flexibility index (Phi) is 9.93. The molecule has 0 aromatic heterocycles. The molecular weight excluding hydrogens is 491 g/mol. The molecule has 1 aliphatic rings. The van der Waals surface area contributed by atoms with Crippen molar-refractivity contribution < 1.29 is 9.53 Å². The van der Waals surface area contributed by atoms with Crippen LogP contribution in [0.1, 0.15) is 41.8 Å². The topological polar surface area (TPSA) is 74.8 Å². The molecule has 1 heterocycles. The molecule has 0 fully saturated rings. The molecule has 0 aliphatic carbocycles. The summed E-state index contributed by atoms with van der Waals surface area (Å²) in [5.74, 6) is 1.67. The van der Waals surface area contributed by atoms with E-state index in [-0.39, 0.29) is 36.0 Å². The number of amides is 1. The van der Waals surface area contributed by atoms with E-state index in [1.807, 2.05) is 56.3 Å². The number of carbonyl (C=O) groups excluding carboxylic acids is 1. The first-order valence-corrected chi connectivity index (χ1v) is 10.3. The number of para-hydroxylation sites is 1. The Bertz CT molecular complexity index is 832. The molecule has 0 spiro atoms. The molecule has 3 rings (SSSR count). The van der Waals surface area contributed by atoms with Crippen molar-refractivity contribution in [3.63, 3.8) is 0 Å². The monoisotopic (exact) mass is 522 g/mol. The quantitative estimate of drug-likeness (QED) is 0.282. The van der Waals surface area contributed by atoms with E-state index in [0.29, 0.717) is 25.2 Å². The first kappa shape index (κ1) is 24.0. The Balaban J connectivity index is 0.00000320. The average Bonchev–Trinajstić information content (AvgIpc) is 3.17. The van der Waals surface area contributed by atoms with Crippen molar-refractivity contribution in [2.24, 2.45) is 4.99 Å². The van der Waals surface area contributed by atoms with E-state index in [9.17, 15) is 4.79 Å². The van der Waals surface area contributed by atoms with E-state index in [0.717, 1.165) is 36.7 Å². The fraction of sp³-hybridized carbons (Fsp3) is 0.391. The standard InChI is InChI=1S/C23H30N4O2.HI/c1-3-12-25-22(28)19-10-7-8-17(13-19)15-26-23(24-4-2)27-16-20-14-18-9-5-6-11-21(18)29-20;/h5-11,13,20H,3-4,12,14-16H2,1-2H3,(H,25,28)(H2,24,26,27);1H. The number of hydrogen-bond acceptors (Lipinski definition) is 3. The van der Waals surface area contributed by atoms with Gasteiger partial charge >= 0.3 is 0 Å². The van der Waals surface area contributed by atoms with Crippen molar-refractivity contribution in [3.8, 4) is 5.75 Å². The summed E-state index contributed by atoms with van der Waals surface area (Å²) in [5, 5.41) is 9.54. The lowest BCUT2D eigenvalue weighted by molar-refractivity contribution is 0.0953. The fourth-order valence-corrected chi connectivity index (χ4v) is 3.24. The lowest BCUT2D eigenvalue weighted by Gasteiger charge is -2.15. The molecule has 6 nitrogen and oxygen atoms in total. The van der Waals surface area contributed by atoms with Gasteiger partial charge in [0.05, 0.1) is 13.1 Å². The molecule has 0 bridgehead atoms. The summed E-state index contributed by atoms with van der Waals surface area (Å²) in [6.45, 7) is 6.71. The third kappa shape index (κ3) is 6.90. The molecule has 7 heteroatoms. The Morgan fingerprint density at radius 3 is 2.70 bits per heavy atom. The molecule has 2 aromatic carbocycles. The van der Waals surface area contributed by atoms with Gasteiger partial charge in [0.15, 0.2) is 5.96 Å². The van der Waals surface area contributed by atoms with Crippen LogP contribution in [0.15, 0.2) is 53.5 Å². The summed E-state index contributed by atoms with van der Waals surface area (Å²) in [6.07, 6.45) is 1.92. The number of guanidine groups is 1. The van der Waals surface area contributed by atoms with Crippen molar-refractivity contribution in [2.45, 2.75) is 39.3 Å². The van der Waals surface area contributed by atoms with Gasteiger partial charge in [-0.15, -0.1) is 24.0 Å². The van der Waals surface area contributed by atoms with Gasteiger partial charge in [-0.3, -0.25) is 4.79 Å². The number of nitrogens with one attached hydrogen (secondary N) is 3. The summed E-state index contributed by atoms with van der Waals surface area (Å²) in [7, 11) is 0. The number of benzene rings is 2. The zero-order chi connectivity index (χ0) is 20.5. The van der Waals surface area contributed by atoms with Crippen molar-refractivity contribution in [3.05, 3.63) is 65.2 Å². The number of ether oxygens (including phenoxy) is 1. The molecule has 0 saturated carbocycles. The molecule has 0 saturated heterocycles. The van der Waals surface area contributed by atoms with Crippen molar-refractivity contribution in [1.29, 1.82) is 0 Å². The maximum Gasteiger partial charge on any atom is 0.251 e. The van der Waals surface area contributed by atoms with Gasteiger partial charge in [0.2, 0.25) is 0 Å². The van der Waals surface area contributed by atoms with Crippen LogP contribution in [0.4, 0.5) is 0 Å². The number of carbonyl (C=O) groups is 1. The summed E-state index contributed by atoms with van der Waals surface area (Å²) in [4.78, 5) is 16.8.